The molecule has 1 heterocycles. The van der Waals surface area contributed by atoms with E-state index in [9.17, 15) is 0 Å². The van der Waals surface area contributed by atoms with Gasteiger partial charge in [0, 0.05) is 45.7 Å². The highest BCUT2D eigenvalue weighted by Crippen LogP contribution is 2.28. The molecule has 30 heavy (non-hydrogen) atoms. The Labute approximate surface area is 197 Å². The molecule has 1 unspecified atom stereocenters. The number of para-hydroxylation sites is 3. The lowest BCUT2D eigenvalue weighted by atomic mass is 10.0. The number of aliphatic imine (C=N–C) groups is 1. The highest BCUT2D eigenvalue weighted by atomic mass is 127. The lowest BCUT2D eigenvalue weighted by Crippen LogP contribution is -2.53. The number of nitrogens with zero attached hydrogens (tertiary/aromatic N) is 3. The number of halogens is 1. The molecule has 0 bridgehead atoms. The van der Waals surface area contributed by atoms with E-state index < -0.39 is 0 Å². The molecule has 2 aromatic rings. The van der Waals surface area contributed by atoms with Crippen LogP contribution in [0.2, 0.25) is 0 Å². The Morgan fingerprint density at radius 3 is 2.20 bits per heavy atom. The van der Waals surface area contributed by atoms with Gasteiger partial charge < -0.3 is 24.6 Å². The maximum atomic E-state index is 5.52. The zero-order valence-electron chi connectivity index (χ0n) is 18.3. The average molecular weight is 524 g/mol. The Morgan fingerprint density at radius 2 is 1.57 bits per heavy atom. The molecule has 1 saturated heterocycles. The van der Waals surface area contributed by atoms with Crippen LogP contribution in [0, 0.1) is 0 Å². The van der Waals surface area contributed by atoms with E-state index in [4.69, 9.17) is 9.47 Å². The minimum atomic E-state index is 0. The van der Waals surface area contributed by atoms with E-state index in [0.29, 0.717) is 5.92 Å². The van der Waals surface area contributed by atoms with Crippen LogP contribution in [0.15, 0.2) is 53.5 Å². The molecule has 0 aromatic heterocycles. The predicted molar refractivity (Wildman–Crippen MR) is 135 cm³/mol. The molecule has 6 nitrogen and oxygen atoms in total. The van der Waals surface area contributed by atoms with Crippen LogP contribution in [0.3, 0.4) is 0 Å². The molecule has 0 aliphatic carbocycles. The van der Waals surface area contributed by atoms with E-state index in [1.807, 2.05) is 31.3 Å². The zero-order valence-corrected chi connectivity index (χ0v) is 20.6. The summed E-state index contributed by atoms with van der Waals surface area (Å²) in [5.41, 5.74) is 2.36. The van der Waals surface area contributed by atoms with E-state index in [0.717, 1.165) is 55.9 Å². The van der Waals surface area contributed by atoms with Crippen molar-refractivity contribution in [3.8, 4) is 11.5 Å². The molecule has 1 fully saturated rings. The van der Waals surface area contributed by atoms with Gasteiger partial charge in [0.15, 0.2) is 5.96 Å². The fourth-order valence-electron chi connectivity index (χ4n) is 3.81. The summed E-state index contributed by atoms with van der Waals surface area (Å²) in [7, 11) is 5.30. The second kappa shape index (κ2) is 11.9. The maximum absolute atomic E-state index is 5.52. The zero-order chi connectivity index (χ0) is 20.6. The Hall–Kier alpha value is -2.16. The summed E-state index contributed by atoms with van der Waals surface area (Å²) in [6.07, 6.45) is 0. The van der Waals surface area contributed by atoms with Crippen LogP contribution < -0.4 is 19.7 Å². The fraction of sp³-hybridized carbons (Fsp3) is 0.435. The van der Waals surface area contributed by atoms with Crippen molar-refractivity contribution in [2.45, 2.75) is 12.8 Å². The fourth-order valence-corrected chi connectivity index (χ4v) is 3.81. The quantitative estimate of drug-likeness (QED) is 0.354. The number of ether oxygens (including phenoxy) is 2. The molecule has 1 atom stereocenters. The molecule has 1 aliphatic rings. The van der Waals surface area contributed by atoms with Crippen molar-refractivity contribution in [1.82, 2.24) is 10.2 Å². The van der Waals surface area contributed by atoms with Gasteiger partial charge in [-0.15, -0.1) is 24.0 Å². The van der Waals surface area contributed by atoms with Gasteiger partial charge in [-0.05, 0) is 23.8 Å². The van der Waals surface area contributed by atoms with E-state index in [1.54, 1.807) is 14.2 Å². The molecule has 0 saturated carbocycles. The number of rotatable bonds is 6. The molecular weight excluding hydrogens is 491 g/mol. The average Bonchev–Trinajstić information content (AvgIpc) is 2.79. The van der Waals surface area contributed by atoms with Crippen LogP contribution in [0.25, 0.3) is 0 Å². The number of hydrogen-bond acceptors (Lipinski definition) is 4. The molecule has 164 valence electrons. The van der Waals surface area contributed by atoms with Crippen LogP contribution >= 0.6 is 24.0 Å². The van der Waals surface area contributed by atoms with Gasteiger partial charge in [-0.3, -0.25) is 4.99 Å². The normalized spacial score (nSPS) is 15.3. The van der Waals surface area contributed by atoms with Crippen LogP contribution in [0.1, 0.15) is 18.4 Å². The van der Waals surface area contributed by atoms with Gasteiger partial charge in [-0.1, -0.05) is 37.3 Å². The molecule has 0 amide bonds. The van der Waals surface area contributed by atoms with E-state index in [2.05, 4.69) is 51.3 Å². The first-order chi connectivity index (χ1) is 14.2. The predicted octanol–water partition coefficient (Wildman–Crippen LogP) is 3.82. The van der Waals surface area contributed by atoms with Crippen molar-refractivity contribution >= 4 is 35.6 Å². The van der Waals surface area contributed by atoms with Crippen molar-refractivity contribution in [1.29, 1.82) is 0 Å². The number of methoxy groups -OCH3 is 2. The van der Waals surface area contributed by atoms with Gasteiger partial charge >= 0.3 is 0 Å². The number of anilines is 1. The van der Waals surface area contributed by atoms with Crippen molar-refractivity contribution in [3.05, 3.63) is 54.1 Å². The van der Waals surface area contributed by atoms with E-state index in [1.165, 1.54) is 5.56 Å². The Balaban J connectivity index is 0.00000320. The first kappa shape index (κ1) is 24.1. The molecule has 1 aliphatic heterocycles. The maximum Gasteiger partial charge on any atom is 0.193 e. The highest BCUT2D eigenvalue weighted by Gasteiger charge is 2.22. The van der Waals surface area contributed by atoms with Gasteiger partial charge in [0.1, 0.15) is 11.5 Å². The minimum Gasteiger partial charge on any atom is -0.496 e. The van der Waals surface area contributed by atoms with Crippen LogP contribution in [-0.2, 0) is 0 Å². The van der Waals surface area contributed by atoms with Crippen LogP contribution in [0.5, 0.6) is 11.5 Å². The first-order valence-electron chi connectivity index (χ1n) is 10.1. The minimum absolute atomic E-state index is 0. The summed E-state index contributed by atoms with van der Waals surface area (Å²) in [4.78, 5) is 9.20. The second-order valence-corrected chi connectivity index (χ2v) is 7.22. The number of benzene rings is 2. The molecular formula is C23H33IN4O2. The summed E-state index contributed by atoms with van der Waals surface area (Å²) in [6, 6.07) is 16.4. The molecule has 0 radical (unpaired) electrons. The summed E-state index contributed by atoms with van der Waals surface area (Å²) < 4.78 is 11.0. The highest BCUT2D eigenvalue weighted by molar-refractivity contribution is 14.0. The van der Waals surface area contributed by atoms with Gasteiger partial charge in [-0.25, -0.2) is 0 Å². The monoisotopic (exact) mass is 524 g/mol. The van der Waals surface area contributed by atoms with Gasteiger partial charge in [0.25, 0.3) is 0 Å². The largest absolute Gasteiger partial charge is 0.496 e. The number of piperazine rings is 1. The summed E-state index contributed by atoms with van der Waals surface area (Å²) in [5, 5.41) is 3.54. The first-order valence-corrected chi connectivity index (χ1v) is 10.1. The standard InChI is InChI=1S/C23H32N4O2.HI/c1-18(19-9-5-7-11-21(19)28-3)17-25-23(24-2)27-15-13-26(14-16-27)20-10-6-8-12-22(20)29-4;/h5-12,18H,13-17H2,1-4H3,(H,24,25);1H. The Morgan fingerprint density at radius 1 is 0.967 bits per heavy atom. The van der Waals surface area contributed by atoms with Gasteiger partial charge in [0.2, 0.25) is 0 Å². The van der Waals surface area contributed by atoms with Crippen molar-refractivity contribution < 1.29 is 9.47 Å². The lowest BCUT2D eigenvalue weighted by Gasteiger charge is -2.38. The number of hydrogen-bond donors (Lipinski definition) is 1. The van der Waals surface area contributed by atoms with Crippen LogP contribution in [0.4, 0.5) is 5.69 Å². The third-order valence-electron chi connectivity index (χ3n) is 5.45. The molecule has 2 aromatic carbocycles. The van der Waals surface area contributed by atoms with Gasteiger partial charge in [0.05, 0.1) is 19.9 Å². The number of guanidine groups is 1. The lowest BCUT2D eigenvalue weighted by molar-refractivity contribution is 0.366. The van der Waals surface area contributed by atoms with E-state index in [-0.39, 0.29) is 24.0 Å². The van der Waals surface area contributed by atoms with E-state index >= 15 is 0 Å². The summed E-state index contributed by atoms with van der Waals surface area (Å²) in [5.74, 6) is 3.13. The Bertz CT molecular complexity index is 822. The second-order valence-electron chi connectivity index (χ2n) is 7.22. The van der Waals surface area contributed by atoms with Crippen molar-refractivity contribution in [2.24, 2.45) is 4.99 Å². The summed E-state index contributed by atoms with van der Waals surface area (Å²) >= 11 is 0. The topological polar surface area (TPSA) is 49.3 Å². The SMILES string of the molecule is CN=C(NCC(C)c1ccccc1OC)N1CCN(c2ccccc2OC)CC1.I. The van der Waals surface area contributed by atoms with Crippen molar-refractivity contribution in [3.63, 3.8) is 0 Å². The number of nitrogens with one attached hydrogen (secondary N) is 1. The third-order valence-corrected chi connectivity index (χ3v) is 5.45. The third kappa shape index (κ3) is 5.71. The van der Waals surface area contributed by atoms with Crippen LogP contribution in [-0.4, -0.2) is 64.9 Å². The van der Waals surface area contributed by atoms with Crippen molar-refractivity contribution in [2.75, 3.05) is 58.9 Å². The smallest absolute Gasteiger partial charge is 0.193 e. The molecule has 3 rings (SSSR count). The molecule has 7 heteroatoms. The van der Waals surface area contributed by atoms with Gasteiger partial charge in [-0.2, -0.15) is 0 Å². The molecule has 1 N–H and O–H groups in total. The molecule has 0 spiro atoms. The summed E-state index contributed by atoms with van der Waals surface area (Å²) in [6.45, 7) is 6.71. The Kier molecular flexibility index (Phi) is 9.55.